The predicted octanol–water partition coefficient (Wildman–Crippen LogP) is 3.42. The maximum atomic E-state index is 13.7. The van der Waals surface area contributed by atoms with Crippen LogP contribution in [0.4, 0.5) is 10.5 Å². The quantitative estimate of drug-likeness (QED) is 0.412. The second-order valence-electron chi connectivity index (χ2n) is 12.6. The Hall–Kier alpha value is -3.32. The number of alkyl carbamates (subject to hydrolysis) is 1. The number of rotatable bonds is 5. The van der Waals surface area contributed by atoms with Crippen molar-refractivity contribution in [1.29, 1.82) is 0 Å². The van der Waals surface area contributed by atoms with Crippen LogP contribution < -0.4 is 19.7 Å². The van der Waals surface area contributed by atoms with Gasteiger partial charge in [-0.3, -0.25) is 18.7 Å². The van der Waals surface area contributed by atoms with Crippen molar-refractivity contribution >= 4 is 51.3 Å². The highest BCUT2D eigenvalue weighted by Crippen LogP contribution is 2.46. The normalized spacial score (nSPS) is 26.3. The van der Waals surface area contributed by atoms with E-state index in [-0.39, 0.29) is 17.1 Å². The molecule has 242 valence electrons. The van der Waals surface area contributed by atoms with Gasteiger partial charge >= 0.3 is 16.3 Å². The molecule has 1 aliphatic carbocycles. The molecule has 3 aliphatic rings. The molecule has 1 saturated heterocycles. The number of hydrogen-bond donors (Lipinski definition) is 3. The van der Waals surface area contributed by atoms with Crippen molar-refractivity contribution < 1.29 is 32.3 Å². The highest BCUT2D eigenvalue weighted by Gasteiger charge is 2.61. The largest absolute Gasteiger partial charge is 0.444 e. The number of carbonyl (C=O) groups is 4. The predicted molar refractivity (Wildman–Crippen MR) is 166 cm³/mol. The summed E-state index contributed by atoms with van der Waals surface area (Å²) in [6.07, 6.45) is 7.56. The first-order valence-corrected chi connectivity index (χ1v) is 16.8. The third-order valence-electron chi connectivity index (χ3n) is 8.10. The second-order valence-corrected chi connectivity index (χ2v) is 14.7. The molecular formula is C30H42ClN5O7S. The standard InChI is InChI=1S/C30H42ClN5O7S/c1-29(2,3)43-28(40)32-22-15-9-7-5-6-8-13-20-19-30(20,33-25(37)24-17-12-18-36(24)26(22)38)27(39)34-44(41,42)35(4)23-16-11-10-14-21(23)31/h8,10-11,13-14,16,20,22,24H,5-7,9,12,15,17-19H2,1-4H3,(H,32,40)(H,33,37)(H,34,39)/t20-,22+,24+,30-/m1/s1. The molecule has 0 bridgehead atoms. The summed E-state index contributed by atoms with van der Waals surface area (Å²) in [5.41, 5.74) is -2.08. The van der Waals surface area contributed by atoms with Crippen molar-refractivity contribution in [3.63, 3.8) is 0 Å². The molecule has 4 amide bonds. The maximum absolute atomic E-state index is 13.7. The number of nitrogens with zero attached hydrogens (tertiary/aromatic N) is 2. The number of anilines is 1. The third kappa shape index (κ3) is 7.84. The van der Waals surface area contributed by atoms with Gasteiger partial charge < -0.3 is 20.3 Å². The molecule has 1 saturated carbocycles. The van der Waals surface area contributed by atoms with Crippen LogP contribution >= 0.6 is 11.6 Å². The summed E-state index contributed by atoms with van der Waals surface area (Å²) in [5.74, 6) is -2.24. The molecule has 1 aromatic carbocycles. The van der Waals surface area contributed by atoms with E-state index in [1.807, 2.05) is 12.2 Å². The number of fused-ring (bicyclic) bond motifs is 2. The van der Waals surface area contributed by atoms with Crippen LogP contribution in [0.25, 0.3) is 0 Å². The second kappa shape index (κ2) is 13.4. The van der Waals surface area contributed by atoms with Gasteiger partial charge in [-0.05, 0) is 71.4 Å². The molecule has 2 fully saturated rings. The Balaban J connectivity index is 1.56. The van der Waals surface area contributed by atoms with Gasteiger partial charge in [0.25, 0.3) is 5.91 Å². The van der Waals surface area contributed by atoms with Gasteiger partial charge in [-0.25, -0.2) is 9.52 Å². The lowest BCUT2D eigenvalue weighted by atomic mass is 10.0. The Bertz CT molecular complexity index is 1410. The smallest absolute Gasteiger partial charge is 0.408 e. The summed E-state index contributed by atoms with van der Waals surface area (Å²) < 4.78 is 34.8. The van der Waals surface area contributed by atoms with Gasteiger partial charge in [-0.1, -0.05) is 48.7 Å². The maximum Gasteiger partial charge on any atom is 0.408 e. The highest BCUT2D eigenvalue weighted by molar-refractivity contribution is 7.91. The summed E-state index contributed by atoms with van der Waals surface area (Å²) in [6.45, 7) is 5.51. The van der Waals surface area contributed by atoms with E-state index < -0.39 is 63.2 Å². The first-order chi connectivity index (χ1) is 20.6. The van der Waals surface area contributed by atoms with Gasteiger partial charge in [0.2, 0.25) is 11.8 Å². The van der Waals surface area contributed by atoms with E-state index in [0.717, 1.165) is 17.1 Å². The topological polar surface area (TPSA) is 154 Å². The number of carbonyl (C=O) groups excluding carboxylic acids is 4. The van der Waals surface area contributed by atoms with E-state index in [9.17, 15) is 27.6 Å². The minimum atomic E-state index is -4.38. The Morgan fingerprint density at radius 3 is 2.55 bits per heavy atom. The van der Waals surface area contributed by atoms with Crippen molar-refractivity contribution in [3.8, 4) is 0 Å². The van der Waals surface area contributed by atoms with E-state index in [0.29, 0.717) is 38.6 Å². The number of amides is 4. The SMILES string of the molecule is CN(c1ccccc1Cl)S(=O)(=O)NC(=O)[C@@]12C[C@H]1C=CCCCCC[C@H](NC(=O)OC(C)(C)C)C(=O)N1CCC[C@H]1C(=O)N2. The number of para-hydroxylation sites is 1. The summed E-state index contributed by atoms with van der Waals surface area (Å²) >= 11 is 6.19. The number of benzene rings is 1. The molecule has 44 heavy (non-hydrogen) atoms. The first kappa shape index (κ1) is 33.6. The molecule has 2 aliphatic heterocycles. The monoisotopic (exact) mass is 651 g/mol. The van der Waals surface area contributed by atoms with Gasteiger partial charge in [0.1, 0.15) is 23.2 Å². The van der Waals surface area contributed by atoms with Crippen LogP contribution in [0.15, 0.2) is 36.4 Å². The van der Waals surface area contributed by atoms with E-state index in [1.54, 1.807) is 32.9 Å². The van der Waals surface area contributed by atoms with Gasteiger partial charge in [0.15, 0.2) is 0 Å². The summed E-state index contributed by atoms with van der Waals surface area (Å²) in [4.78, 5) is 55.1. The van der Waals surface area contributed by atoms with Gasteiger partial charge in [-0.15, -0.1) is 0 Å². The molecule has 0 aromatic heterocycles. The Labute approximate surface area is 264 Å². The minimum absolute atomic E-state index is 0.181. The van der Waals surface area contributed by atoms with Gasteiger partial charge in [0, 0.05) is 19.5 Å². The molecule has 14 heteroatoms. The average molecular weight is 652 g/mol. The van der Waals surface area contributed by atoms with E-state index in [2.05, 4.69) is 15.4 Å². The van der Waals surface area contributed by atoms with Crippen LogP contribution in [0.1, 0.15) is 72.1 Å². The zero-order valence-electron chi connectivity index (χ0n) is 25.6. The zero-order chi connectivity index (χ0) is 32.3. The molecule has 0 spiro atoms. The fourth-order valence-corrected chi connectivity index (χ4v) is 6.94. The van der Waals surface area contributed by atoms with E-state index in [4.69, 9.17) is 16.3 Å². The van der Waals surface area contributed by atoms with Crippen LogP contribution in [-0.4, -0.2) is 73.9 Å². The molecule has 2 heterocycles. The fraction of sp³-hybridized carbons (Fsp3) is 0.600. The number of allylic oxidation sites excluding steroid dienone is 1. The Morgan fingerprint density at radius 1 is 1.11 bits per heavy atom. The average Bonchev–Trinajstić information content (AvgIpc) is 3.39. The molecule has 0 radical (unpaired) electrons. The number of ether oxygens (including phenoxy) is 1. The Morgan fingerprint density at radius 2 is 1.84 bits per heavy atom. The molecule has 12 nitrogen and oxygen atoms in total. The molecule has 4 atom stereocenters. The molecule has 3 N–H and O–H groups in total. The van der Waals surface area contributed by atoms with Crippen LogP contribution in [0.5, 0.6) is 0 Å². The van der Waals surface area contributed by atoms with E-state index >= 15 is 0 Å². The van der Waals surface area contributed by atoms with Crippen LogP contribution in [0, 0.1) is 5.92 Å². The van der Waals surface area contributed by atoms with Crippen molar-refractivity contribution in [1.82, 2.24) is 20.3 Å². The first-order valence-electron chi connectivity index (χ1n) is 15.0. The lowest BCUT2D eigenvalue weighted by Crippen LogP contribution is -2.59. The summed E-state index contributed by atoms with van der Waals surface area (Å²) in [6, 6.07) is 4.56. The van der Waals surface area contributed by atoms with Crippen molar-refractivity contribution in [2.24, 2.45) is 5.92 Å². The lowest BCUT2D eigenvalue weighted by molar-refractivity contribution is -0.141. The minimum Gasteiger partial charge on any atom is -0.444 e. The molecular weight excluding hydrogens is 610 g/mol. The number of nitrogens with one attached hydrogen (secondary N) is 3. The van der Waals surface area contributed by atoms with E-state index in [1.165, 1.54) is 24.1 Å². The van der Waals surface area contributed by atoms with Crippen molar-refractivity contribution in [3.05, 3.63) is 41.4 Å². The molecule has 4 rings (SSSR count). The van der Waals surface area contributed by atoms with Crippen LogP contribution in [-0.2, 0) is 29.3 Å². The molecule has 0 unspecified atom stereocenters. The van der Waals surface area contributed by atoms with Gasteiger partial charge in [0.05, 0.1) is 10.7 Å². The van der Waals surface area contributed by atoms with Crippen molar-refractivity contribution in [2.75, 3.05) is 17.9 Å². The van der Waals surface area contributed by atoms with Crippen LogP contribution in [0.3, 0.4) is 0 Å². The zero-order valence-corrected chi connectivity index (χ0v) is 27.2. The molecule has 1 aromatic rings. The summed E-state index contributed by atoms with van der Waals surface area (Å²) in [5, 5.41) is 5.70. The Kier molecular flexibility index (Phi) is 10.2. The van der Waals surface area contributed by atoms with Crippen LogP contribution in [0.2, 0.25) is 5.02 Å². The third-order valence-corrected chi connectivity index (χ3v) is 9.78. The number of hydrogen-bond acceptors (Lipinski definition) is 7. The fourth-order valence-electron chi connectivity index (χ4n) is 5.66. The highest BCUT2D eigenvalue weighted by atomic mass is 35.5. The summed E-state index contributed by atoms with van der Waals surface area (Å²) in [7, 11) is -3.10. The van der Waals surface area contributed by atoms with Crippen molar-refractivity contribution in [2.45, 2.75) is 95.4 Å². The lowest BCUT2D eigenvalue weighted by Gasteiger charge is -2.30. The van der Waals surface area contributed by atoms with Gasteiger partial charge in [-0.2, -0.15) is 8.42 Å². The number of halogens is 1.